The lowest BCUT2D eigenvalue weighted by atomic mass is 10.5. The minimum atomic E-state index is 0.142. The zero-order valence-electron chi connectivity index (χ0n) is 6.55. The maximum absolute atomic E-state index is 5.87. The first-order chi connectivity index (χ1) is 6.09. The molecule has 0 atom stereocenters. The summed E-state index contributed by atoms with van der Waals surface area (Å²) in [7, 11) is 0. The third-order valence-electron chi connectivity index (χ3n) is 1.74. The van der Waals surface area contributed by atoms with Gasteiger partial charge < -0.3 is 0 Å². The number of hydrogen-bond donors (Lipinski definition) is 0. The van der Waals surface area contributed by atoms with E-state index in [-0.39, 0.29) is 5.28 Å². The lowest BCUT2D eigenvalue weighted by molar-refractivity contribution is 0.870. The zero-order valence-corrected chi connectivity index (χ0v) is 9.65. The molecular weight excluding hydrogens is 277 g/mol. The second-order valence-electron chi connectivity index (χ2n) is 2.55. The molecule has 0 N–H and O–H groups in total. The van der Waals surface area contributed by atoms with Crippen LogP contribution in [0, 0.1) is 6.92 Å². The fraction of sp³-hybridized carbons (Fsp3) is 0.143. The molecule has 0 unspecified atom stereocenters. The SMILES string of the molecule is Cc1c(Br)cc2c(Cl)nc(Cl)nn12. The molecule has 0 spiro atoms. The number of aromatic nitrogens is 3. The number of hydrogen-bond acceptors (Lipinski definition) is 2. The summed E-state index contributed by atoms with van der Waals surface area (Å²) in [6, 6.07) is 1.86. The molecule has 68 valence electrons. The van der Waals surface area contributed by atoms with Crippen molar-refractivity contribution in [3.63, 3.8) is 0 Å². The predicted molar refractivity (Wildman–Crippen MR) is 55.4 cm³/mol. The molecule has 2 aromatic rings. The minimum Gasteiger partial charge on any atom is -0.231 e. The van der Waals surface area contributed by atoms with Crippen molar-refractivity contribution in [1.29, 1.82) is 0 Å². The summed E-state index contributed by atoms with van der Waals surface area (Å²) >= 11 is 14.9. The van der Waals surface area contributed by atoms with Gasteiger partial charge in [-0.25, -0.2) is 9.50 Å². The van der Waals surface area contributed by atoms with Crippen molar-refractivity contribution in [3.8, 4) is 0 Å². The fourth-order valence-electron chi connectivity index (χ4n) is 1.09. The molecule has 2 aromatic heterocycles. The maximum Gasteiger partial charge on any atom is 0.242 e. The van der Waals surface area contributed by atoms with Crippen LogP contribution in [-0.2, 0) is 0 Å². The molecule has 0 amide bonds. The lowest BCUT2D eigenvalue weighted by Crippen LogP contribution is -1.96. The van der Waals surface area contributed by atoms with Gasteiger partial charge in [0.1, 0.15) is 5.52 Å². The van der Waals surface area contributed by atoms with E-state index in [1.54, 1.807) is 4.52 Å². The van der Waals surface area contributed by atoms with Crippen LogP contribution in [0.5, 0.6) is 0 Å². The lowest BCUT2D eigenvalue weighted by Gasteiger charge is -1.98. The molecule has 0 bridgehead atoms. The summed E-state index contributed by atoms with van der Waals surface area (Å²) in [4.78, 5) is 3.83. The Hall–Kier alpha value is -0.320. The smallest absolute Gasteiger partial charge is 0.231 e. The van der Waals surface area contributed by atoms with Crippen LogP contribution < -0.4 is 0 Å². The molecule has 3 nitrogen and oxygen atoms in total. The summed E-state index contributed by atoms with van der Waals surface area (Å²) in [6.07, 6.45) is 0. The molecule has 0 fully saturated rings. The monoisotopic (exact) mass is 279 g/mol. The predicted octanol–water partition coefficient (Wildman–Crippen LogP) is 3.11. The highest BCUT2D eigenvalue weighted by molar-refractivity contribution is 9.10. The zero-order chi connectivity index (χ0) is 9.59. The van der Waals surface area contributed by atoms with Gasteiger partial charge in [-0.05, 0) is 40.5 Å². The van der Waals surface area contributed by atoms with Crippen molar-refractivity contribution >= 4 is 44.6 Å². The van der Waals surface area contributed by atoms with Gasteiger partial charge in [-0.2, -0.15) is 0 Å². The highest BCUT2D eigenvalue weighted by Crippen LogP contribution is 2.25. The van der Waals surface area contributed by atoms with E-state index in [2.05, 4.69) is 26.0 Å². The van der Waals surface area contributed by atoms with E-state index >= 15 is 0 Å². The van der Waals surface area contributed by atoms with E-state index in [0.29, 0.717) is 5.15 Å². The molecule has 0 radical (unpaired) electrons. The summed E-state index contributed by atoms with van der Waals surface area (Å²) in [5.74, 6) is 0. The third-order valence-corrected chi connectivity index (χ3v) is 2.98. The van der Waals surface area contributed by atoms with Crippen molar-refractivity contribution in [2.75, 3.05) is 0 Å². The van der Waals surface area contributed by atoms with Crippen LogP contribution in [0.4, 0.5) is 0 Å². The van der Waals surface area contributed by atoms with Crippen molar-refractivity contribution < 1.29 is 0 Å². The molecule has 6 heteroatoms. The van der Waals surface area contributed by atoms with E-state index in [9.17, 15) is 0 Å². The van der Waals surface area contributed by atoms with E-state index in [4.69, 9.17) is 23.2 Å². The fourth-order valence-corrected chi connectivity index (χ4v) is 1.89. The summed E-state index contributed by atoms with van der Waals surface area (Å²) in [5, 5.41) is 4.51. The Balaban J connectivity index is 2.94. The Bertz CT molecular complexity index is 480. The third kappa shape index (κ3) is 1.43. The van der Waals surface area contributed by atoms with Gasteiger partial charge in [0.05, 0.1) is 5.69 Å². The molecule has 13 heavy (non-hydrogen) atoms. The number of fused-ring (bicyclic) bond motifs is 1. The van der Waals surface area contributed by atoms with Gasteiger partial charge in [0, 0.05) is 4.47 Å². The van der Waals surface area contributed by atoms with E-state index < -0.39 is 0 Å². The van der Waals surface area contributed by atoms with E-state index in [0.717, 1.165) is 15.7 Å². The number of aryl methyl sites for hydroxylation is 1. The topological polar surface area (TPSA) is 30.2 Å². The number of halogens is 3. The largest absolute Gasteiger partial charge is 0.242 e. The molecular formula is C7H4BrCl2N3. The Morgan fingerprint density at radius 2 is 2.15 bits per heavy atom. The Kier molecular flexibility index (Phi) is 2.21. The molecule has 0 aliphatic heterocycles. The van der Waals surface area contributed by atoms with Crippen molar-refractivity contribution in [2.24, 2.45) is 0 Å². The standard InChI is InChI=1S/C7H4BrCl2N3/c1-3-4(8)2-5-6(9)11-7(10)12-13(3)5/h2H,1H3. The Morgan fingerprint density at radius 3 is 2.85 bits per heavy atom. The van der Waals surface area contributed by atoms with Crippen LogP contribution in [0.2, 0.25) is 10.4 Å². The van der Waals surface area contributed by atoms with Crippen LogP contribution in [0.3, 0.4) is 0 Å². The Morgan fingerprint density at radius 1 is 1.46 bits per heavy atom. The first-order valence-corrected chi connectivity index (χ1v) is 5.01. The van der Waals surface area contributed by atoms with Crippen molar-refractivity contribution in [1.82, 2.24) is 14.6 Å². The average Bonchev–Trinajstić information content (AvgIpc) is 2.32. The second-order valence-corrected chi connectivity index (χ2v) is 4.10. The molecule has 0 saturated heterocycles. The van der Waals surface area contributed by atoms with Gasteiger partial charge in [-0.3, -0.25) is 0 Å². The van der Waals surface area contributed by atoms with Crippen LogP contribution in [0.15, 0.2) is 10.5 Å². The highest BCUT2D eigenvalue weighted by atomic mass is 79.9. The molecule has 2 heterocycles. The Labute approximate surface area is 92.8 Å². The minimum absolute atomic E-state index is 0.142. The number of rotatable bonds is 0. The van der Waals surface area contributed by atoms with Crippen LogP contribution in [0.1, 0.15) is 5.69 Å². The number of nitrogens with zero attached hydrogens (tertiary/aromatic N) is 3. The van der Waals surface area contributed by atoms with Gasteiger partial charge in [0.15, 0.2) is 5.15 Å². The first kappa shape index (κ1) is 9.24. The molecule has 0 aliphatic carbocycles. The van der Waals surface area contributed by atoms with E-state index in [1.807, 2.05) is 13.0 Å². The normalized spacial score (nSPS) is 11.1. The molecule has 0 aromatic carbocycles. The van der Waals surface area contributed by atoms with Gasteiger partial charge in [0.2, 0.25) is 5.28 Å². The van der Waals surface area contributed by atoms with Crippen molar-refractivity contribution in [3.05, 3.63) is 26.7 Å². The van der Waals surface area contributed by atoms with Crippen LogP contribution in [0.25, 0.3) is 5.52 Å². The summed E-state index contributed by atoms with van der Waals surface area (Å²) < 4.78 is 2.59. The van der Waals surface area contributed by atoms with Crippen LogP contribution in [-0.4, -0.2) is 14.6 Å². The quantitative estimate of drug-likeness (QED) is 0.742. The van der Waals surface area contributed by atoms with Gasteiger partial charge in [-0.15, -0.1) is 5.10 Å². The second kappa shape index (κ2) is 3.12. The van der Waals surface area contributed by atoms with Crippen molar-refractivity contribution in [2.45, 2.75) is 6.92 Å². The van der Waals surface area contributed by atoms with Gasteiger partial charge >= 0.3 is 0 Å². The highest BCUT2D eigenvalue weighted by Gasteiger charge is 2.09. The summed E-state index contributed by atoms with van der Waals surface area (Å²) in [5.41, 5.74) is 1.69. The average molecular weight is 281 g/mol. The maximum atomic E-state index is 5.87. The summed E-state index contributed by atoms with van der Waals surface area (Å²) in [6.45, 7) is 1.91. The van der Waals surface area contributed by atoms with E-state index in [1.165, 1.54) is 0 Å². The molecule has 2 rings (SSSR count). The molecule has 0 saturated carbocycles. The van der Waals surface area contributed by atoms with Crippen LogP contribution >= 0.6 is 39.1 Å². The molecule has 0 aliphatic rings. The van der Waals surface area contributed by atoms with Gasteiger partial charge in [0.25, 0.3) is 0 Å². The van der Waals surface area contributed by atoms with Gasteiger partial charge in [-0.1, -0.05) is 11.6 Å². The first-order valence-electron chi connectivity index (χ1n) is 3.46.